The minimum absolute atomic E-state index is 0.124. The van der Waals surface area contributed by atoms with Gasteiger partial charge in [-0.3, -0.25) is 5.32 Å². The van der Waals surface area contributed by atoms with Crippen LogP contribution < -0.4 is 5.32 Å². The number of hydrogen-bond donors (Lipinski definition) is 2. The molecule has 0 saturated heterocycles. The standard InChI is InChI=1S/C26H39NO5/c1-25(2,31-18-30-4)15-9-8-13-20-23(17-21-22(28)14-10-16-26(20,21)3)32-24(29)27-19-11-6-5-7-12-19/h5-7,11-13,21-23,28H,8-10,14-18H2,1-4H3,(H,27,29)/b20-13-/t21-,22-,23+,26+/m0/s1. The van der Waals surface area contributed by atoms with E-state index < -0.39 is 6.09 Å². The maximum atomic E-state index is 12.6. The van der Waals surface area contributed by atoms with Gasteiger partial charge in [0.15, 0.2) is 0 Å². The Morgan fingerprint density at radius 1 is 1.31 bits per heavy atom. The van der Waals surface area contributed by atoms with E-state index in [4.69, 9.17) is 14.2 Å². The van der Waals surface area contributed by atoms with Gasteiger partial charge in [0.2, 0.25) is 0 Å². The fourth-order valence-corrected chi connectivity index (χ4v) is 5.34. The maximum absolute atomic E-state index is 12.6. The zero-order valence-electron chi connectivity index (χ0n) is 19.9. The van der Waals surface area contributed by atoms with E-state index in [0.717, 1.165) is 38.5 Å². The largest absolute Gasteiger partial charge is 0.441 e. The summed E-state index contributed by atoms with van der Waals surface area (Å²) in [6, 6.07) is 9.33. The van der Waals surface area contributed by atoms with Gasteiger partial charge in [-0.15, -0.1) is 0 Å². The lowest BCUT2D eigenvalue weighted by atomic mass is 9.66. The Kier molecular flexibility index (Phi) is 8.37. The van der Waals surface area contributed by atoms with Gasteiger partial charge in [0.1, 0.15) is 12.9 Å². The summed E-state index contributed by atoms with van der Waals surface area (Å²) in [6.07, 6.45) is 7.42. The molecule has 2 N–H and O–H groups in total. The van der Waals surface area contributed by atoms with Gasteiger partial charge < -0.3 is 19.3 Å². The van der Waals surface area contributed by atoms with Crippen LogP contribution in [0.5, 0.6) is 0 Å². The molecule has 0 radical (unpaired) electrons. The van der Waals surface area contributed by atoms with Crippen LogP contribution in [-0.4, -0.2) is 42.9 Å². The molecule has 2 aliphatic carbocycles. The molecule has 2 fully saturated rings. The molecule has 178 valence electrons. The van der Waals surface area contributed by atoms with Gasteiger partial charge in [-0.25, -0.2) is 4.79 Å². The summed E-state index contributed by atoms with van der Waals surface area (Å²) in [5.41, 5.74) is 1.50. The number of aliphatic hydroxyl groups excluding tert-OH is 1. The molecule has 4 atom stereocenters. The first-order valence-electron chi connectivity index (χ1n) is 11.8. The van der Waals surface area contributed by atoms with Gasteiger partial charge in [0.25, 0.3) is 0 Å². The third kappa shape index (κ3) is 6.12. The smallest absolute Gasteiger partial charge is 0.412 e. The maximum Gasteiger partial charge on any atom is 0.412 e. The molecule has 3 rings (SSSR count). The topological polar surface area (TPSA) is 77.0 Å². The monoisotopic (exact) mass is 445 g/mol. The molecule has 2 aliphatic rings. The molecule has 6 nitrogen and oxygen atoms in total. The van der Waals surface area contributed by atoms with Gasteiger partial charge in [-0.05, 0) is 87.8 Å². The number of benzene rings is 1. The van der Waals surface area contributed by atoms with Gasteiger partial charge in [0, 0.05) is 12.8 Å². The Bertz CT molecular complexity index is 778. The number of para-hydroxylation sites is 1. The molecule has 1 amide bonds. The number of nitrogens with one attached hydrogen (secondary N) is 1. The third-order valence-electron chi connectivity index (χ3n) is 7.14. The number of aliphatic hydroxyl groups is 1. The van der Waals surface area contributed by atoms with Crippen molar-refractivity contribution in [1.29, 1.82) is 0 Å². The number of methoxy groups -OCH3 is 1. The number of hydrogen-bond acceptors (Lipinski definition) is 5. The first-order chi connectivity index (χ1) is 15.2. The highest BCUT2D eigenvalue weighted by atomic mass is 16.7. The Morgan fingerprint density at radius 3 is 2.78 bits per heavy atom. The summed E-state index contributed by atoms with van der Waals surface area (Å²) < 4.78 is 16.7. The molecule has 6 heteroatoms. The molecule has 2 saturated carbocycles. The highest BCUT2D eigenvalue weighted by Gasteiger charge is 2.53. The van der Waals surface area contributed by atoms with Crippen molar-refractivity contribution in [2.45, 2.75) is 83.5 Å². The Balaban J connectivity index is 1.68. The highest BCUT2D eigenvalue weighted by Crippen LogP contribution is 2.56. The Morgan fingerprint density at radius 2 is 2.06 bits per heavy atom. The van der Waals surface area contributed by atoms with Crippen LogP contribution in [0, 0.1) is 11.3 Å². The molecule has 1 aromatic carbocycles. The van der Waals surface area contributed by atoms with E-state index in [2.05, 4.69) is 32.2 Å². The summed E-state index contributed by atoms with van der Waals surface area (Å²) in [6.45, 7) is 6.67. The molecule has 0 heterocycles. The molecular weight excluding hydrogens is 406 g/mol. The van der Waals surface area contributed by atoms with Crippen molar-refractivity contribution in [1.82, 2.24) is 0 Å². The van der Waals surface area contributed by atoms with Crippen LogP contribution in [0.3, 0.4) is 0 Å². The average molecular weight is 446 g/mol. The van der Waals surface area contributed by atoms with E-state index >= 15 is 0 Å². The minimum atomic E-state index is -0.446. The van der Waals surface area contributed by atoms with E-state index in [-0.39, 0.29) is 35.9 Å². The fraction of sp³-hybridized carbons (Fsp3) is 0.654. The zero-order valence-corrected chi connectivity index (χ0v) is 19.9. The molecule has 0 aromatic heterocycles. The number of fused-ring (bicyclic) bond motifs is 1. The summed E-state index contributed by atoms with van der Waals surface area (Å²) in [7, 11) is 1.63. The van der Waals surface area contributed by atoms with E-state index in [0.29, 0.717) is 12.1 Å². The summed E-state index contributed by atoms with van der Waals surface area (Å²) in [5, 5.41) is 13.5. The molecule has 0 unspecified atom stereocenters. The van der Waals surface area contributed by atoms with Crippen molar-refractivity contribution in [3.8, 4) is 0 Å². The van der Waals surface area contributed by atoms with Crippen LogP contribution in [0.25, 0.3) is 0 Å². The minimum Gasteiger partial charge on any atom is -0.441 e. The van der Waals surface area contributed by atoms with Gasteiger partial charge in [-0.2, -0.15) is 0 Å². The number of allylic oxidation sites excluding steroid dienone is 1. The van der Waals surface area contributed by atoms with Crippen LogP contribution >= 0.6 is 0 Å². The third-order valence-corrected chi connectivity index (χ3v) is 7.14. The number of amides is 1. The van der Waals surface area contributed by atoms with E-state index in [9.17, 15) is 9.90 Å². The first-order valence-corrected chi connectivity index (χ1v) is 11.8. The SMILES string of the molecule is COCOC(C)(C)CCC/C=C1/[C@H](OC(=O)Nc2ccccc2)C[C@H]2[C@@H](O)CCC[C@]12C. The lowest BCUT2D eigenvalue weighted by molar-refractivity contribution is -0.117. The first kappa shape index (κ1) is 24.7. The zero-order chi connectivity index (χ0) is 23.2. The lowest BCUT2D eigenvalue weighted by Crippen LogP contribution is -2.37. The second-order valence-corrected chi connectivity index (χ2v) is 9.97. The molecule has 0 bridgehead atoms. The molecule has 1 aromatic rings. The second kappa shape index (κ2) is 10.8. The fourth-order valence-electron chi connectivity index (χ4n) is 5.34. The normalized spacial score (nSPS) is 29.0. The van der Waals surface area contributed by atoms with Crippen molar-refractivity contribution in [2.75, 3.05) is 19.2 Å². The number of rotatable bonds is 9. The number of unbranched alkanes of at least 4 members (excludes halogenated alkanes) is 1. The summed E-state index contributed by atoms with van der Waals surface area (Å²) in [4.78, 5) is 12.6. The number of anilines is 1. The quantitative estimate of drug-likeness (QED) is 0.291. The predicted octanol–water partition coefficient (Wildman–Crippen LogP) is 5.67. The van der Waals surface area contributed by atoms with Crippen LogP contribution in [0.2, 0.25) is 0 Å². The average Bonchev–Trinajstić information content (AvgIpc) is 3.03. The van der Waals surface area contributed by atoms with E-state index in [1.165, 1.54) is 5.57 Å². The summed E-state index contributed by atoms with van der Waals surface area (Å²) in [5.74, 6) is 0.124. The van der Waals surface area contributed by atoms with Gasteiger partial charge in [-0.1, -0.05) is 31.2 Å². The number of ether oxygens (including phenoxy) is 3. The van der Waals surface area contributed by atoms with E-state index in [1.807, 2.05) is 30.3 Å². The molecular formula is C26H39NO5. The van der Waals surface area contributed by atoms with E-state index in [1.54, 1.807) is 7.11 Å². The highest BCUT2D eigenvalue weighted by molar-refractivity contribution is 5.84. The molecule has 0 spiro atoms. The van der Waals surface area contributed by atoms with Gasteiger partial charge >= 0.3 is 6.09 Å². The van der Waals surface area contributed by atoms with Gasteiger partial charge in [0.05, 0.1) is 11.7 Å². The second-order valence-electron chi connectivity index (χ2n) is 9.97. The van der Waals surface area contributed by atoms with Crippen LogP contribution in [0.1, 0.15) is 65.7 Å². The van der Waals surface area contributed by atoms with Crippen LogP contribution in [0.15, 0.2) is 42.0 Å². The van der Waals surface area contributed by atoms with Crippen molar-refractivity contribution < 1.29 is 24.1 Å². The number of carbonyl (C=O) groups is 1. The van der Waals surface area contributed by atoms with Crippen molar-refractivity contribution in [3.63, 3.8) is 0 Å². The van der Waals surface area contributed by atoms with Crippen molar-refractivity contribution in [3.05, 3.63) is 42.0 Å². The lowest BCUT2D eigenvalue weighted by Gasteiger charge is -2.40. The Labute approximate surface area is 192 Å². The molecule has 32 heavy (non-hydrogen) atoms. The summed E-state index contributed by atoms with van der Waals surface area (Å²) >= 11 is 0. The Hall–Kier alpha value is -1.89. The molecule has 0 aliphatic heterocycles. The van der Waals surface area contributed by atoms with Crippen molar-refractivity contribution >= 4 is 11.8 Å². The van der Waals surface area contributed by atoms with Crippen molar-refractivity contribution in [2.24, 2.45) is 11.3 Å². The van der Waals surface area contributed by atoms with Crippen LogP contribution in [0.4, 0.5) is 10.5 Å². The number of carbonyl (C=O) groups excluding carboxylic acids is 1. The predicted molar refractivity (Wildman–Crippen MR) is 125 cm³/mol. The van der Waals surface area contributed by atoms with Crippen LogP contribution in [-0.2, 0) is 14.2 Å².